The highest BCUT2D eigenvalue weighted by atomic mass is 79.9. The van der Waals surface area contributed by atoms with Crippen LogP contribution < -0.4 is 23.8 Å². The van der Waals surface area contributed by atoms with Crippen LogP contribution in [-0.2, 0) is 26.2 Å². The maximum Gasteiger partial charge on any atom is 0.264 e. The summed E-state index contributed by atoms with van der Waals surface area (Å²) >= 11 is 3.42. The number of anilines is 1. The predicted molar refractivity (Wildman–Crippen MR) is 174 cm³/mol. The average Bonchev–Trinajstić information content (AvgIpc) is 3.01. The molecule has 0 aliphatic carbocycles. The van der Waals surface area contributed by atoms with Gasteiger partial charge in [-0.2, -0.15) is 0 Å². The van der Waals surface area contributed by atoms with Gasteiger partial charge in [-0.1, -0.05) is 41.9 Å². The molecule has 0 aliphatic rings. The van der Waals surface area contributed by atoms with Crippen LogP contribution in [0.5, 0.6) is 17.2 Å². The van der Waals surface area contributed by atoms with Crippen LogP contribution in [0.25, 0.3) is 0 Å². The molecule has 3 rings (SSSR count). The summed E-state index contributed by atoms with van der Waals surface area (Å²) < 4.78 is 46.4. The Labute approximate surface area is 268 Å². The van der Waals surface area contributed by atoms with Gasteiger partial charge in [0.15, 0.2) is 11.5 Å². The summed E-state index contributed by atoms with van der Waals surface area (Å²) in [5.74, 6) is 0.454. The molecule has 0 aliphatic heterocycles. The second-order valence-corrected chi connectivity index (χ2v) is 13.2. The van der Waals surface area contributed by atoms with E-state index in [1.165, 1.54) is 37.3 Å². The monoisotopic (exact) mass is 689 g/mol. The smallest absolute Gasteiger partial charge is 0.264 e. The Morgan fingerprint density at radius 3 is 2.11 bits per heavy atom. The lowest BCUT2D eigenvalue weighted by Crippen LogP contribution is -2.51. The number of hydrogen-bond donors (Lipinski definition) is 1. The third kappa shape index (κ3) is 8.88. The maximum atomic E-state index is 14.2. The van der Waals surface area contributed by atoms with Crippen LogP contribution in [-0.4, -0.2) is 65.1 Å². The topological polar surface area (TPSA) is 114 Å². The van der Waals surface area contributed by atoms with Crippen molar-refractivity contribution in [3.8, 4) is 17.2 Å². The number of rotatable bonds is 15. The first-order chi connectivity index (χ1) is 20.9. The van der Waals surface area contributed by atoms with Gasteiger partial charge in [0.2, 0.25) is 11.8 Å². The summed E-state index contributed by atoms with van der Waals surface area (Å²) in [6.07, 6.45) is 0. The lowest BCUT2D eigenvalue weighted by molar-refractivity contribution is -0.139. The van der Waals surface area contributed by atoms with E-state index in [-0.39, 0.29) is 34.7 Å². The summed E-state index contributed by atoms with van der Waals surface area (Å²) in [5.41, 5.74) is 1.03. The standard InChI is InChI=1S/C32H40BrN3O7S/c1-7-43-27-14-12-26(13-15-27)36(44(39,40)28-16-17-29(41-5)30(18-28)42-6)21-31(37)35(20-24-8-10-25(33)11-9-24)23(4)32(38)34-19-22(2)3/h8-18,22-23H,7,19-21H2,1-6H3,(H,34,38)/t23-/m1/s1. The van der Waals surface area contributed by atoms with Gasteiger partial charge in [0, 0.05) is 23.6 Å². The van der Waals surface area contributed by atoms with Crippen molar-refractivity contribution in [2.24, 2.45) is 5.92 Å². The van der Waals surface area contributed by atoms with E-state index in [0.717, 1.165) is 14.3 Å². The molecule has 1 atom stereocenters. The van der Waals surface area contributed by atoms with Crippen LogP contribution in [0.3, 0.4) is 0 Å². The molecule has 0 aromatic heterocycles. The molecule has 0 saturated heterocycles. The Morgan fingerprint density at radius 1 is 0.909 bits per heavy atom. The highest BCUT2D eigenvalue weighted by Gasteiger charge is 2.33. The molecule has 238 valence electrons. The molecule has 12 heteroatoms. The number of halogens is 1. The Morgan fingerprint density at radius 2 is 1.55 bits per heavy atom. The maximum absolute atomic E-state index is 14.2. The molecule has 0 saturated carbocycles. The molecule has 0 bridgehead atoms. The zero-order valence-corrected chi connectivity index (χ0v) is 28.3. The Kier molecular flexibility index (Phi) is 12.5. The number of benzene rings is 3. The number of sulfonamides is 1. The fourth-order valence-electron chi connectivity index (χ4n) is 4.33. The first-order valence-corrected chi connectivity index (χ1v) is 16.4. The van der Waals surface area contributed by atoms with E-state index in [1.54, 1.807) is 31.2 Å². The molecule has 3 aromatic rings. The van der Waals surface area contributed by atoms with E-state index in [9.17, 15) is 18.0 Å². The van der Waals surface area contributed by atoms with Crippen LogP contribution in [0, 0.1) is 5.92 Å². The average molecular weight is 691 g/mol. The predicted octanol–water partition coefficient (Wildman–Crippen LogP) is 5.25. The minimum Gasteiger partial charge on any atom is -0.494 e. The minimum atomic E-state index is -4.31. The highest BCUT2D eigenvalue weighted by Crippen LogP contribution is 2.33. The molecule has 0 radical (unpaired) electrons. The Hall–Kier alpha value is -3.77. The van der Waals surface area contributed by atoms with E-state index in [1.807, 2.05) is 45.0 Å². The van der Waals surface area contributed by atoms with Crippen molar-refractivity contribution in [3.63, 3.8) is 0 Å². The van der Waals surface area contributed by atoms with Crippen molar-refractivity contribution in [3.05, 3.63) is 76.8 Å². The van der Waals surface area contributed by atoms with Crippen molar-refractivity contribution in [2.75, 3.05) is 38.2 Å². The number of amides is 2. The summed E-state index contributed by atoms with van der Waals surface area (Å²) in [5, 5.41) is 2.88. The van der Waals surface area contributed by atoms with Crippen LogP contribution in [0.4, 0.5) is 5.69 Å². The SMILES string of the molecule is CCOc1ccc(N(CC(=O)N(Cc2ccc(Br)cc2)[C@H](C)C(=O)NCC(C)C)S(=O)(=O)c2ccc(OC)c(OC)c2)cc1. The first-order valence-electron chi connectivity index (χ1n) is 14.2. The van der Waals surface area contributed by atoms with E-state index in [2.05, 4.69) is 21.2 Å². The largest absolute Gasteiger partial charge is 0.494 e. The third-order valence-corrected chi connectivity index (χ3v) is 9.07. The lowest BCUT2D eigenvalue weighted by Gasteiger charge is -2.32. The van der Waals surface area contributed by atoms with Gasteiger partial charge in [-0.15, -0.1) is 0 Å². The van der Waals surface area contributed by atoms with Gasteiger partial charge < -0.3 is 24.4 Å². The molecule has 1 N–H and O–H groups in total. The number of methoxy groups -OCH3 is 2. The number of ether oxygens (including phenoxy) is 3. The van der Waals surface area contributed by atoms with Crippen LogP contribution in [0.2, 0.25) is 0 Å². The zero-order valence-electron chi connectivity index (χ0n) is 25.9. The third-order valence-electron chi connectivity index (χ3n) is 6.78. The van der Waals surface area contributed by atoms with Gasteiger partial charge >= 0.3 is 0 Å². The molecule has 3 aromatic carbocycles. The quantitative estimate of drug-likeness (QED) is 0.232. The second-order valence-electron chi connectivity index (χ2n) is 10.4. The van der Waals surface area contributed by atoms with E-state index in [4.69, 9.17) is 14.2 Å². The number of carbonyl (C=O) groups excluding carboxylic acids is 2. The van der Waals surface area contributed by atoms with Crippen molar-refractivity contribution in [1.82, 2.24) is 10.2 Å². The van der Waals surface area contributed by atoms with Crippen molar-refractivity contribution in [1.29, 1.82) is 0 Å². The molecule has 0 unspecified atom stereocenters. The molecule has 10 nitrogen and oxygen atoms in total. The van der Waals surface area contributed by atoms with Crippen LogP contribution >= 0.6 is 15.9 Å². The Balaban J connectivity index is 2.06. The van der Waals surface area contributed by atoms with Gasteiger partial charge in [-0.05, 0) is 73.9 Å². The number of nitrogens with zero attached hydrogens (tertiary/aromatic N) is 2. The molecule has 2 amide bonds. The second kappa shape index (κ2) is 15.8. The fraction of sp³-hybridized carbons (Fsp3) is 0.375. The van der Waals surface area contributed by atoms with Gasteiger partial charge in [-0.3, -0.25) is 13.9 Å². The number of carbonyl (C=O) groups is 2. The molecule has 0 fully saturated rings. The number of hydrogen-bond acceptors (Lipinski definition) is 7. The first kappa shape index (κ1) is 34.7. The van der Waals surface area contributed by atoms with Gasteiger partial charge in [0.05, 0.1) is 31.4 Å². The molecule has 44 heavy (non-hydrogen) atoms. The number of nitrogens with one attached hydrogen (secondary N) is 1. The van der Waals surface area contributed by atoms with Gasteiger partial charge in [-0.25, -0.2) is 8.42 Å². The van der Waals surface area contributed by atoms with Crippen molar-refractivity contribution >= 4 is 43.5 Å². The van der Waals surface area contributed by atoms with Gasteiger partial charge in [0.25, 0.3) is 10.0 Å². The van der Waals surface area contributed by atoms with E-state index < -0.39 is 28.5 Å². The normalized spacial score (nSPS) is 11.9. The van der Waals surface area contributed by atoms with Crippen molar-refractivity contribution < 1.29 is 32.2 Å². The summed E-state index contributed by atoms with van der Waals surface area (Å²) in [6, 6.07) is 17.2. The fourth-order valence-corrected chi connectivity index (χ4v) is 6.02. The zero-order chi connectivity index (χ0) is 32.4. The summed E-state index contributed by atoms with van der Waals surface area (Å²) in [7, 11) is -1.44. The molecular formula is C32H40BrN3O7S. The molecule has 0 heterocycles. The minimum absolute atomic E-state index is 0.0932. The molecular weight excluding hydrogens is 650 g/mol. The van der Waals surface area contributed by atoms with Crippen LogP contribution in [0.1, 0.15) is 33.3 Å². The summed E-state index contributed by atoms with van der Waals surface area (Å²) in [6.45, 7) is 7.84. The summed E-state index contributed by atoms with van der Waals surface area (Å²) in [4.78, 5) is 28.6. The highest BCUT2D eigenvalue weighted by molar-refractivity contribution is 9.10. The van der Waals surface area contributed by atoms with Crippen molar-refractivity contribution in [2.45, 2.75) is 45.2 Å². The Bertz CT molecular complexity index is 1510. The van der Waals surface area contributed by atoms with Crippen LogP contribution in [0.15, 0.2) is 76.1 Å². The lowest BCUT2D eigenvalue weighted by atomic mass is 10.1. The van der Waals surface area contributed by atoms with Gasteiger partial charge in [0.1, 0.15) is 18.3 Å². The van der Waals surface area contributed by atoms with E-state index in [0.29, 0.717) is 24.7 Å². The van der Waals surface area contributed by atoms with E-state index >= 15 is 0 Å². The molecule has 0 spiro atoms.